The number of aryl methyl sites for hydroxylation is 1. The molecular formula is C20H26N4OS. The van der Waals surface area contributed by atoms with Crippen LogP contribution >= 0.6 is 11.3 Å². The number of carbonyl (C=O) groups is 1. The molecule has 0 atom stereocenters. The molecule has 1 amide bonds. The molecule has 138 valence electrons. The van der Waals surface area contributed by atoms with E-state index in [2.05, 4.69) is 33.6 Å². The molecule has 2 aliphatic heterocycles. The van der Waals surface area contributed by atoms with Gasteiger partial charge >= 0.3 is 0 Å². The van der Waals surface area contributed by atoms with Gasteiger partial charge in [-0.3, -0.25) is 4.79 Å². The smallest absolute Gasteiger partial charge is 0.254 e. The maximum absolute atomic E-state index is 12.9. The monoisotopic (exact) mass is 370 g/mol. The van der Waals surface area contributed by atoms with Gasteiger partial charge in [-0.1, -0.05) is 0 Å². The second kappa shape index (κ2) is 6.99. The third-order valence-electron chi connectivity index (χ3n) is 6.12. The summed E-state index contributed by atoms with van der Waals surface area (Å²) in [6.45, 7) is 7.90. The minimum Gasteiger partial charge on any atom is -0.340 e. The Kier molecular flexibility index (Phi) is 4.69. The molecule has 2 aromatic heterocycles. The third-order valence-corrected chi connectivity index (χ3v) is 7.14. The Bertz CT molecular complexity index is 780. The number of amides is 1. The van der Waals surface area contributed by atoms with Crippen LogP contribution in [0.2, 0.25) is 0 Å². The minimum absolute atomic E-state index is 0.209. The number of anilines is 1. The van der Waals surface area contributed by atoms with Gasteiger partial charge in [0.15, 0.2) is 0 Å². The van der Waals surface area contributed by atoms with Gasteiger partial charge in [0.05, 0.1) is 5.56 Å². The van der Waals surface area contributed by atoms with E-state index in [-0.39, 0.29) is 5.91 Å². The number of hydrogen-bond donors (Lipinski definition) is 0. The molecule has 2 aromatic rings. The van der Waals surface area contributed by atoms with Crippen molar-refractivity contribution >= 4 is 23.2 Å². The number of likely N-dealkylation sites (tertiary alicyclic amines) is 1. The van der Waals surface area contributed by atoms with E-state index in [9.17, 15) is 4.79 Å². The Hall–Kier alpha value is -1.95. The van der Waals surface area contributed by atoms with Crippen LogP contribution in [0.4, 0.5) is 5.95 Å². The zero-order valence-corrected chi connectivity index (χ0v) is 16.4. The third kappa shape index (κ3) is 3.22. The molecule has 0 unspecified atom stereocenters. The van der Waals surface area contributed by atoms with E-state index >= 15 is 0 Å². The summed E-state index contributed by atoms with van der Waals surface area (Å²) in [5, 5.41) is 2.02. The van der Waals surface area contributed by atoms with Gasteiger partial charge in [0, 0.05) is 48.8 Å². The van der Waals surface area contributed by atoms with Gasteiger partial charge in [-0.2, -0.15) is 0 Å². The highest BCUT2D eigenvalue weighted by molar-refractivity contribution is 7.10. The van der Waals surface area contributed by atoms with E-state index < -0.39 is 0 Å². The zero-order valence-electron chi connectivity index (χ0n) is 15.6. The predicted octanol–water partition coefficient (Wildman–Crippen LogP) is 3.68. The van der Waals surface area contributed by atoms with E-state index in [4.69, 9.17) is 0 Å². The van der Waals surface area contributed by atoms with Crippen molar-refractivity contribution in [2.24, 2.45) is 5.41 Å². The van der Waals surface area contributed by atoms with E-state index in [1.165, 1.54) is 17.7 Å². The Morgan fingerprint density at radius 2 is 1.85 bits per heavy atom. The molecule has 2 aliphatic rings. The Morgan fingerprint density at radius 1 is 1.12 bits per heavy atom. The molecule has 0 bridgehead atoms. The average molecular weight is 371 g/mol. The van der Waals surface area contributed by atoms with Crippen molar-refractivity contribution in [1.82, 2.24) is 14.9 Å². The number of aromatic nitrogens is 2. The average Bonchev–Trinajstić information content (AvgIpc) is 3.01. The highest BCUT2D eigenvalue weighted by atomic mass is 32.1. The summed E-state index contributed by atoms with van der Waals surface area (Å²) in [6.07, 6.45) is 8.20. The lowest BCUT2D eigenvalue weighted by molar-refractivity contribution is 0.0539. The van der Waals surface area contributed by atoms with E-state index in [0.717, 1.165) is 56.1 Å². The van der Waals surface area contributed by atoms with Crippen LogP contribution in [0.3, 0.4) is 0 Å². The molecule has 26 heavy (non-hydrogen) atoms. The van der Waals surface area contributed by atoms with E-state index in [1.54, 1.807) is 11.3 Å². The van der Waals surface area contributed by atoms with Crippen molar-refractivity contribution in [2.75, 3.05) is 31.1 Å². The quantitative estimate of drug-likeness (QED) is 0.809. The van der Waals surface area contributed by atoms with E-state index in [1.807, 2.05) is 23.8 Å². The van der Waals surface area contributed by atoms with Crippen molar-refractivity contribution in [2.45, 2.75) is 39.5 Å². The van der Waals surface area contributed by atoms with Crippen molar-refractivity contribution in [1.29, 1.82) is 0 Å². The first-order chi connectivity index (χ1) is 12.6. The number of hydrogen-bond acceptors (Lipinski definition) is 5. The van der Waals surface area contributed by atoms with E-state index in [0.29, 0.717) is 5.41 Å². The van der Waals surface area contributed by atoms with Crippen LogP contribution in [0.15, 0.2) is 23.8 Å². The molecule has 1 spiro atoms. The summed E-state index contributed by atoms with van der Waals surface area (Å²) in [7, 11) is 0. The van der Waals surface area contributed by atoms with Crippen LogP contribution < -0.4 is 4.90 Å². The fraction of sp³-hybridized carbons (Fsp3) is 0.550. The lowest BCUT2D eigenvalue weighted by Gasteiger charge is -2.47. The molecule has 4 heterocycles. The SMILES string of the molecule is Cc1scc(C(=O)N2CCC3(CCCN(c4ncccn4)C3)CC2)c1C. The van der Waals surface area contributed by atoms with Crippen LogP contribution in [-0.4, -0.2) is 47.0 Å². The Labute approximate surface area is 159 Å². The van der Waals surface area contributed by atoms with Crippen molar-refractivity contribution in [3.63, 3.8) is 0 Å². The molecule has 0 N–H and O–H groups in total. The molecule has 4 rings (SSSR count). The number of carbonyl (C=O) groups excluding carboxylic acids is 1. The summed E-state index contributed by atoms with van der Waals surface area (Å²) in [6, 6.07) is 1.86. The fourth-order valence-electron chi connectivity index (χ4n) is 4.32. The van der Waals surface area contributed by atoms with Gasteiger partial charge in [0.2, 0.25) is 5.95 Å². The highest BCUT2D eigenvalue weighted by Crippen LogP contribution is 2.41. The van der Waals surface area contributed by atoms with Gasteiger partial charge in [-0.25, -0.2) is 9.97 Å². The molecule has 6 heteroatoms. The lowest BCUT2D eigenvalue weighted by atomic mass is 9.72. The number of piperidine rings is 2. The highest BCUT2D eigenvalue weighted by Gasteiger charge is 2.40. The maximum Gasteiger partial charge on any atom is 0.254 e. The molecule has 2 fully saturated rings. The van der Waals surface area contributed by atoms with Gasteiger partial charge in [0.1, 0.15) is 0 Å². The van der Waals surface area contributed by atoms with Gasteiger partial charge in [-0.05, 0) is 56.6 Å². The first kappa shape index (κ1) is 17.5. The summed E-state index contributed by atoms with van der Waals surface area (Å²) in [5.74, 6) is 1.05. The van der Waals surface area contributed by atoms with Crippen LogP contribution in [0, 0.1) is 19.3 Å². The molecule has 0 saturated carbocycles. The summed E-state index contributed by atoms with van der Waals surface area (Å²) < 4.78 is 0. The Morgan fingerprint density at radius 3 is 2.50 bits per heavy atom. The summed E-state index contributed by atoms with van der Waals surface area (Å²) in [5.41, 5.74) is 2.34. The van der Waals surface area contributed by atoms with Gasteiger partial charge in [0.25, 0.3) is 5.91 Å². The van der Waals surface area contributed by atoms with Crippen LogP contribution in [0.5, 0.6) is 0 Å². The molecular weight excluding hydrogens is 344 g/mol. The fourth-order valence-corrected chi connectivity index (χ4v) is 5.18. The van der Waals surface area contributed by atoms with Gasteiger partial charge < -0.3 is 9.80 Å². The van der Waals surface area contributed by atoms with Crippen LogP contribution in [-0.2, 0) is 0 Å². The molecule has 0 aliphatic carbocycles. The molecule has 0 aromatic carbocycles. The lowest BCUT2D eigenvalue weighted by Crippen LogP contribution is -2.51. The minimum atomic E-state index is 0.209. The molecule has 2 saturated heterocycles. The van der Waals surface area contributed by atoms with Crippen LogP contribution in [0.25, 0.3) is 0 Å². The summed E-state index contributed by atoms with van der Waals surface area (Å²) in [4.78, 5) is 27.4. The van der Waals surface area contributed by atoms with Crippen molar-refractivity contribution < 1.29 is 4.79 Å². The second-order valence-corrected chi connectivity index (χ2v) is 8.78. The van der Waals surface area contributed by atoms with Crippen LogP contribution in [0.1, 0.15) is 46.5 Å². The topological polar surface area (TPSA) is 49.3 Å². The Balaban J connectivity index is 1.42. The molecule has 0 radical (unpaired) electrons. The van der Waals surface area contributed by atoms with Crippen molar-refractivity contribution in [3.05, 3.63) is 39.8 Å². The first-order valence-corrected chi connectivity index (χ1v) is 10.3. The normalized spacial score (nSPS) is 19.8. The second-order valence-electron chi connectivity index (χ2n) is 7.70. The number of nitrogens with zero attached hydrogens (tertiary/aromatic N) is 4. The largest absolute Gasteiger partial charge is 0.340 e. The van der Waals surface area contributed by atoms with Gasteiger partial charge in [-0.15, -0.1) is 11.3 Å². The first-order valence-electron chi connectivity index (χ1n) is 9.44. The zero-order chi connectivity index (χ0) is 18.1. The summed E-state index contributed by atoms with van der Waals surface area (Å²) >= 11 is 1.67. The maximum atomic E-state index is 12.9. The van der Waals surface area contributed by atoms with Crippen molar-refractivity contribution in [3.8, 4) is 0 Å². The molecule has 5 nitrogen and oxygen atoms in total. The number of thiophene rings is 1. The standard InChI is InChI=1S/C20H26N4OS/c1-15-16(2)26-13-17(15)18(25)23-11-6-20(7-12-23)5-3-10-24(14-20)19-21-8-4-9-22-19/h4,8-9,13H,3,5-7,10-12,14H2,1-2H3. The predicted molar refractivity (Wildman–Crippen MR) is 105 cm³/mol. The number of rotatable bonds is 2.